The van der Waals surface area contributed by atoms with Gasteiger partial charge in [-0.1, -0.05) is 0 Å². The first kappa shape index (κ1) is 13.8. The lowest BCUT2D eigenvalue weighted by atomic mass is 10.2. The van der Waals surface area contributed by atoms with Crippen LogP contribution in [0.3, 0.4) is 0 Å². The molecule has 0 saturated heterocycles. The summed E-state index contributed by atoms with van der Waals surface area (Å²) in [4.78, 5) is 12.7. The molecule has 3 rings (SSSR count). The Morgan fingerprint density at radius 2 is 1.62 bits per heavy atom. The summed E-state index contributed by atoms with van der Waals surface area (Å²) in [7, 11) is -9.42. The van der Waals surface area contributed by atoms with Crippen LogP contribution in [0.25, 0.3) is 22.1 Å². The fourth-order valence-electron chi connectivity index (χ4n) is 1.89. The van der Waals surface area contributed by atoms with Crippen LogP contribution in [-0.4, -0.2) is 45.9 Å². The van der Waals surface area contributed by atoms with Gasteiger partial charge in [-0.15, -0.1) is 0 Å². The number of benzene rings is 1. The number of fused-ring (bicyclic) bond motifs is 2. The summed E-state index contributed by atoms with van der Waals surface area (Å²) in [6.45, 7) is 0. The average molecular weight is 330 g/mol. The molecule has 0 spiro atoms. The van der Waals surface area contributed by atoms with Crippen molar-refractivity contribution in [2.45, 2.75) is 10.1 Å². The minimum Gasteiger partial charge on any atom is -0.327 e. The van der Waals surface area contributed by atoms with Crippen LogP contribution in [0.4, 0.5) is 0 Å². The highest BCUT2D eigenvalue weighted by Gasteiger charge is 2.25. The van der Waals surface area contributed by atoms with E-state index in [0.29, 0.717) is 0 Å². The fraction of sp³-hybridized carbons (Fsp3) is 0. The van der Waals surface area contributed by atoms with Gasteiger partial charge in [-0.2, -0.15) is 16.8 Å². The Bertz CT molecular complexity index is 1090. The van der Waals surface area contributed by atoms with Crippen molar-refractivity contribution >= 4 is 42.3 Å². The molecule has 21 heavy (non-hydrogen) atoms. The number of hydrogen-bond donors (Lipinski definition) is 3. The first-order valence-electron chi connectivity index (χ1n) is 5.26. The van der Waals surface area contributed by atoms with E-state index in [2.05, 4.69) is 19.9 Å². The number of aromatic amines is 1. The maximum atomic E-state index is 11.5. The third kappa shape index (κ3) is 2.23. The van der Waals surface area contributed by atoms with Gasteiger partial charge < -0.3 is 4.98 Å². The quantitative estimate of drug-likeness (QED) is 0.548. The zero-order valence-corrected chi connectivity index (χ0v) is 11.6. The van der Waals surface area contributed by atoms with E-state index in [0.717, 1.165) is 0 Å². The van der Waals surface area contributed by atoms with Gasteiger partial charge in [0.2, 0.25) is 0 Å². The van der Waals surface area contributed by atoms with Crippen molar-refractivity contribution in [1.29, 1.82) is 0 Å². The Hall–Kier alpha value is -2.15. The maximum Gasteiger partial charge on any atom is 0.328 e. The number of aromatic nitrogens is 4. The molecule has 0 aliphatic heterocycles. The van der Waals surface area contributed by atoms with E-state index in [1.54, 1.807) is 0 Å². The maximum absolute atomic E-state index is 11.5. The molecule has 2 aromatic heterocycles. The normalized spacial score (nSPS) is 13.0. The summed E-state index contributed by atoms with van der Waals surface area (Å²) in [6, 6.07) is 1.30. The minimum atomic E-state index is -4.75. The summed E-state index contributed by atoms with van der Waals surface area (Å²) in [5.41, 5.74) is -0.467. The molecule has 1 aromatic carbocycles. The summed E-state index contributed by atoms with van der Waals surface area (Å²) in [5, 5.41) is -0.849. The van der Waals surface area contributed by atoms with Crippen molar-refractivity contribution < 1.29 is 25.9 Å². The molecular weight excluding hydrogens is 324 g/mol. The predicted molar refractivity (Wildman–Crippen MR) is 68.8 cm³/mol. The Balaban J connectivity index is 2.60. The number of nitrogens with zero attached hydrogens (tertiary/aromatic N) is 3. The van der Waals surface area contributed by atoms with Gasteiger partial charge in [0.05, 0.1) is 11.0 Å². The molecule has 0 atom stereocenters. The third-order valence-electron chi connectivity index (χ3n) is 2.65. The van der Waals surface area contributed by atoms with E-state index >= 15 is 0 Å². The van der Waals surface area contributed by atoms with Crippen molar-refractivity contribution in [1.82, 2.24) is 19.9 Å². The Morgan fingerprint density at radius 3 is 2.24 bits per heavy atom. The number of rotatable bonds is 2. The second-order valence-corrected chi connectivity index (χ2v) is 6.71. The van der Waals surface area contributed by atoms with Crippen molar-refractivity contribution in [3.8, 4) is 0 Å². The van der Waals surface area contributed by atoms with Gasteiger partial charge in [0.15, 0.2) is 0 Å². The Kier molecular flexibility index (Phi) is 2.75. The highest BCUT2D eigenvalue weighted by molar-refractivity contribution is 7.86. The van der Waals surface area contributed by atoms with E-state index in [1.807, 2.05) is 0 Å². The second-order valence-electron chi connectivity index (χ2n) is 4.02. The summed E-state index contributed by atoms with van der Waals surface area (Å²) < 4.78 is 63.5. The minimum absolute atomic E-state index is 0.0387. The number of imidazole rings is 1. The highest BCUT2D eigenvalue weighted by atomic mass is 32.2. The summed E-state index contributed by atoms with van der Waals surface area (Å²) in [5.74, 6) is 0. The van der Waals surface area contributed by atoms with Gasteiger partial charge in [-0.25, -0.2) is 4.98 Å². The van der Waals surface area contributed by atoms with Crippen molar-refractivity contribution in [3.63, 3.8) is 0 Å². The van der Waals surface area contributed by atoms with Crippen LogP contribution in [-0.2, 0) is 20.2 Å². The van der Waals surface area contributed by atoms with E-state index in [-0.39, 0.29) is 22.1 Å². The van der Waals surface area contributed by atoms with Gasteiger partial charge in [0.1, 0.15) is 15.9 Å². The fourth-order valence-corrected chi connectivity index (χ4v) is 3.13. The van der Waals surface area contributed by atoms with Crippen LogP contribution < -0.4 is 0 Å². The number of H-pyrrole nitrogens is 1. The van der Waals surface area contributed by atoms with Crippen LogP contribution in [0.1, 0.15) is 0 Å². The van der Waals surface area contributed by atoms with Crippen LogP contribution in [0.2, 0.25) is 0 Å². The van der Waals surface area contributed by atoms with Gasteiger partial charge in [0, 0.05) is 12.4 Å². The van der Waals surface area contributed by atoms with Gasteiger partial charge >= 0.3 is 10.1 Å². The van der Waals surface area contributed by atoms with E-state index in [4.69, 9.17) is 4.55 Å². The molecule has 0 aliphatic carbocycles. The van der Waals surface area contributed by atoms with Gasteiger partial charge in [-0.05, 0) is 6.07 Å². The first-order chi connectivity index (χ1) is 9.68. The van der Waals surface area contributed by atoms with Crippen molar-refractivity contribution in [2.75, 3.05) is 0 Å². The third-order valence-corrected chi connectivity index (χ3v) is 4.23. The number of nitrogens with one attached hydrogen (secondary N) is 1. The topological polar surface area (TPSA) is 163 Å². The average Bonchev–Trinajstić information content (AvgIpc) is 2.77. The molecule has 0 amide bonds. The summed E-state index contributed by atoms with van der Waals surface area (Å²) in [6.07, 6.45) is 2.50. The van der Waals surface area contributed by atoms with Gasteiger partial charge in [-0.3, -0.25) is 19.1 Å². The van der Waals surface area contributed by atoms with Crippen LogP contribution in [0.15, 0.2) is 28.5 Å². The summed E-state index contributed by atoms with van der Waals surface area (Å²) >= 11 is 0. The Morgan fingerprint density at radius 1 is 0.952 bits per heavy atom. The second kappa shape index (κ2) is 4.17. The molecular formula is C9H6N4O6S2. The van der Waals surface area contributed by atoms with E-state index in [9.17, 15) is 21.4 Å². The van der Waals surface area contributed by atoms with Crippen LogP contribution >= 0.6 is 0 Å². The van der Waals surface area contributed by atoms with Crippen LogP contribution in [0, 0.1) is 0 Å². The smallest absolute Gasteiger partial charge is 0.327 e. The van der Waals surface area contributed by atoms with Crippen molar-refractivity contribution in [3.05, 3.63) is 18.5 Å². The molecule has 0 bridgehead atoms. The lowest BCUT2D eigenvalue weighted by Gasteiger charge is -2.02. The molecule has 12 heteroatoms. The van der Waals surface area contributed by atoms with E-state index < -0.39 is 30.3 Å². The standard InChI is InChI=1S/C9H6N4O6S2/c14-20(15,16)8-6-4(10-1-2-11-6)3-5-7(8)13-9(12-5)21(17,18)19/h1-3H,(H,12,13)(H,14,15,16)(H,17,18,19). The molecule has 110 valence electrons. The highest BCUT2D eigenvalue weighted by Crippen LogP contribution is 2.29. The molecule has 3 N–H and O–H groups in total. The molecule has 0 aliphatic rings. The monoisotopic (exact) mass is 330 g/mol. The molecule has 2 heterocycles. The SMILES string of the molecule is O=S(=O)(O)c1nc2c(S(=O)(=O)O)c3nccnc3cc2[nH]1. The van der Waals surface area contributed by atoms with Crippen LogP contribution in [0.5, 0.6) is 0 Å². The van der Waals surface area contributed by atoms with Gasteiger partial charge in [0.25, 0.3) is 15.3 Å². The Labute approximate surface area is 117 Å². The zero-order valence-electron chi connectivity index (χ0n) is 9.92. The lowest BCUT2D eigenvalue weighted by molar-refractivity contribution is 0.475. The molecule has 0 radical (unpaired) electrons. The molecule has 3 aromatic rings. The number of hydrogen-bond acceptors (Lipinski definition) is 7. The zero-order chi connectivity index (χ0) is 15.4. The lowest BCUT2D eigenvalue weighted by Crippen LogP contribution is -2.03. The largest absolute Gasteiger partial charge is 0.328 e. The molecule has 0 saturated carbocycles. The molecule has 10 nitrogen and oxygen atoms in total. The first-order valence-corrected chi connectivity index (χ1v) is 8.14. The predicted octanol–water partition coefficient (Wildman–Crippen LogP) is -0.000500. The van der Waals surface area contributed by atoms with E-state index in [1.165, 1.54) is 18.5 Å². The molecule has 0 fully saturated rings. The molecule has 0 unspecified atom stereocenters. The van der Waals surface area contributed by atoms with Crippen molar-refractivity contribution in [2.24, 2.45) is 0 Å².